The van der Waals surface area contributed by atoms with Crippen molar-refractivity contribution >= 4 is 18.1 Å². The predicted octanol–water partition coefficient (Wildman–Crippen LogP) is 4.74. The summed E-state index contributed by atoms with van der Waals surface area (Å²) in [5.41, 5.74) is 1.24. The first-order chi connectivity index (χ1) is 7.36. The van der Waals surface area contributed by atoms with Gasteiger partial charge in [0.05, 0.1) is 0 Å². The zero-order valence-corrected chi connectivity index (χ0v) is 11.2. The molecule has 0 amide bonds. The Morgan fingerprint density at radius 3 is 2.38 bits per heavy atom. The van der Waals surface area contributed by atoms with E-state index in [1.807, 2.05) is 0 Å². The van der Waals surface area contributed by atoms with E-state index in [1.165, 1.54) is 31.4 Å². The van der Waals surface area contributed by atoms with Gasteiger partial charge in [0.15, 0.2) is 0 Å². The number of para-hydroxylation sites is 1. The molecule has 0 saturated carbocycles. The average Bonchev–Trinajstić information content (AvgIpc) is 2.31. The standard InChI is InChI=1S/C14H23N.ClH/c1-3-5-9-13(4-2)12-15-14-10-7-6-8-11-14;/h6-8,10-11,13,15H,3-5,9,12H2,1-2H3;1H. The van der Waals surface area contributed by atoms with Gasteiger partial charge in [-0.1, -0.05) is 51.3 Å². The van der Waals surface area contributed by atoms with Gasteiger partial charge in [-0.3, -0.25) is 0 Å². The van der Waals surface area contributed by atoms with Crippen molar-refractivity contribution in [2.24, 2.45) is 5.92 Å². The lowest BCUT2D eigenvalue weighted by Crippen LogP contribution is -2.13. The number of halogens is 1. The fraction of sp³-hybridized carbons (Fsp3) is 0.571. The topological polar surface area (TPSA) is 12.0 Å². The highest BCUT2D eigenvalue weighted by atomic mass is 35.5. The molecule has 92 valence electrons. The minimum Gasteiger partial charge on any atom is -0.385 e. The van der Waals surface area contributed by atoms with Crippen molar-refractivity contribution in [3.05, 3.63) is 30.3 Å². The third-order valence-corrected chi connectivity index (χ3v) is 2.91. The molecule has 2 heteroatoms. The molecule has 0 aliphatic heterocycles. The maximum Gasteiger partial charge on any atom is 0.0340 e. The molecule has 16 heavy (non-hydrogen) atoms. The lowest BCUT2D eigenvalue weighted by molar-refractivity contribution is 0.473. The van der Waals surface area contributed by atoms with Crippen molar-refractivity contribution in [2.75, 3.05) is 11.9 Å². The molecule has 0 bridgehead atoms. The number of anilines is 1. The van der Waals surface area contributed by atoms with Crippen LogP contribution < -0.4 is 5.32 Å². The summed E-state index contributed by atoms with van der Waals surface area (Å²) in [5.74, 6) is 0.824. The molecule has 1 aromatic rings. The van der Waals surface area contributed by atoms with Crippen LogP contribution in [0.25, 0.3) is 0 Å². The lowest BCUT2D eigenvalue weighted by Gasteiger charge is -2.15. The van der Waals surface area contributed by atoms with Crippen LogP contribution in [0, 0.1) is 5.92 Å². The summed E-state index contributed by atoms with van der Waals surface area (Å²) in [5, 5.41) is 3.50. The molecule has 0 aromatic heterocycles. The number of unbranched alkanes of at least 4 members (excludes halogenated alkanes) is 1. The van der Waals surface area contributed by atoms with E-state index in [0.717, 1.165) is 12.5 Å². The van der Waals surface area contributed by atoms with Gasteiger partial charge in [-0.05, 0) is 24.5 Å². The van der Waals surface area contributed by atoms with Gasteiger partial charge in [-0.25, -0.2) is 0 Å². The molecule has 0 spiro atoms. The molecule has 0 aliphatic rings. The van der Waals surface area contributed by atoms with E-state index in [2.05, 4.69) is 49.5 Å². The van der Waals surface area contributed by atoms with Crippen LogP contribution in [0.3, 0.4) is 0 Å². The second kappa shape index (κ2) is 9.53. The SMILES string of the molecule is CCCCC(CC)CNc1ccccc1.Cl. The Morgan fingerprint density at radius 2 is 1.81 bits per heavy atom. The molecule has 0 heterocycles. The van der Waals surface area contributed by atoms with Gasteiger partial charge >= 0.3 is 0 Å². The van der Waals surface area contributed by atoms with Crippen LogP contribution in [0.5, 0.6) is 0 Å². The molecule has 0 aliphatic carbocycles. The fourth-order valence-corrected chi connectivity index (χ4v) is 1.76. The number of benzene rings is 1. The first kappa shape index (κ1) is 15.3. The number of nitrogens with one attached hydrogen (secondary N) is 1. The molecule has 1 N–H and O–H groups in total. The Hall–Kier alpha value is -0.690. The molecule has 0 fully saturated rings. The van der Waals surface area contributed by atoms with E-state index in [1.54, 1.807) is 0 Å². The molecule has 1 atom stereocenters. The maximum absolute atomic E-state index is 3.50. The summed E-state index contributed by atoms with van der Waals surface area (Å²) in [4.78, 5) is 0. The number of hydrogen-bond donors (Lipinski definition) is 1. The second-order valence-electron chi connectivity index (χ2n) is 4.16. The van der Waals surface area contributed by atoms with Crippen LogP contribution in [0.4, 0.5) is 5.69 Å². The van der Waals surface area contributed by atoms with E-state index in [-0.39, 0.29) is 12.4 Å². The number of hydrogen-bond acceptors (Lipinski definition) is 1. The van der Waals surface area contributed by atoms with Gasteiger partial charge in [0.1, 0.15) is 0 Å². The van der Waals surface area contributed by atoms with Crippen LogP contribution >= 0.6 is 12.4 Å². The van der Waals surface area contributed by atoms with Crippen molar-refractivity contribution in [1.82, 2.24) is 0 Å². The van der Waals surface area contributed by atoms with Gasteiger partial charge < -0.3 is 5.32 Å². The van der Waals surface area contributed by atoms with Crippen molar-refractivity contribution < 1.29 is 0 Å². The minimum atomic E-state index is 0. The maximum atomic E-state index is 3.50. The van der Waals surface area contributed by atoms with Gasteiger partial charge in [0, 0.05) is 12.2 Å². The van der Waals surface area contributed by atoms with E-state index in [9.17, 15) is 0 Å². The smallest absolute Gasteiger partial charge is 0.0340 e. The highest BCUT2D eigenvalue weighted by Crippen LogP contribution is 2.14. The molecule has 0 saturated heterocycles. The van der Waals surface area contributed by atoms with Crippen LogP contribution in [0.15, 0.2) is 30.3 Å². The first-order valence-electron chi connectivity index (χ1n) is 6.15. The molecule has 1 unspecified atom stereocenters. The highest BCUT2D eigenvalue weighted by molar-refractivity contribution is 5.85. The molecular weight excluding hydrogens is 218 g/mol. The molecule has 1 rings (SSSR count). The summed E-state index contributed by atoms with van der Waals surface area (Å²) in [6.07, 6.45) is 5.30. The normalized spacial score (nSPS) is 11.6. The zero-order valence-electron chi connectivity index (χ0n) is 10.4. The van der Waals surface area contributed by atoms with Crippen LogP contribution in [-0.4, -0.2) is 6.54 Å². The van der Waals surface area contributed by atoms with Gasteiger partial charge in [0.2, 0.25) is 0 Å². The molecule has 0 radical (unpaired) electrons. The van der Waals surface area contributed by atoms with Crippen LogP contribution in [-0.2, 0) is 0 Å². The molecule has 1 aromatic carbocycles. The quantitative estimate of drug-likeness (QED) is 0.727. The Morgan fingerprint density at radius 1 is 1.12 bits per heavy atom. The lowest BCUT2D eigenvalue weighted by atomic mass is 9.99. The van der Waals surface area contributed by atoms with Gasteiger partial charge in [0.25, 0.3) is 0 Å². The fourth-order valence-electron chi connectivity index (χ4n) is 1.76. The summed E-state index contributed by atoms with van der Waals surface area (Å²) in [6.45, 7) is 5.66. The van der Waals surface area contributed by atoms with Crippen molar-refractivity contribution in [2.45, 2.75) is 39.5 Å². The Bertz CT molecular complexity index is 248. The van der Waals surface area contributed by atoms with Gasteiger partial charge in [-0.2, -0.15) is 0 Å². The average molecular weight is 242 g/mol. The summed E-state index contributed by atoms with van der Waals surface area (Å²) in [6, 6.07) is 10.5. The number of rotatable bonds is 7. The van der Waals surface area contributed by atoms with Crippen molar-refractivity contribution in [3.63, 3.8) is 0 Å². The zero-order chi connectivity index (χ0) is 10.9. The largest absolute Gasteiger partial charge is 0.385 e. The summed E-state index contributed by atoms with van der Waals surface area (Å²) in [7, 11) is 0. The Labute approximate surface area is 106 Å². The molecular formula is C14H24ClN. The second-order valence-corrected chi connectivity index (χ2v) is 4.16. The van der Waals surface area contributed by atoms with Crippen LogP contribution in [0.2, 0.25) is 0 Å². The van der Waals surface area contributed by atoms with E-state index < -0.39 is 0 Å². The highest BCUT2D eigenvalue weighted by Gasteiger charge is 2.04. The summed E-state index contributed by atoms with van der Waals surface area (Å²) >= 11 is 0. The van der Waals surface area contributed by atoms with E-state index >= 15 is 0 Å². The Balaban J connectivity index is 0.00000225. The monoisotopic (exact) mass is 241 g/mol. The van der Waals surface area contributed by atoms with Gasteiger partial charge in [-0.15, -0.1) is 12.4 Å². The predicted molar refractivity (Wildman–Crippen MR) is 75.5 cm³/mol. The van der Waals surface area contributed by atoms with E-state index in [4.69, 9.17) is 0 Å². The van der Waals surface area contributed by atoms with Crippen molar-refractivity contribution in [1.29, 1.82) is 0 Å². The van der Waals surface area contributed by atoms with Crippen LogP contribution in [0.1, 0.15) is 39.5 Å². The molecule has 1 nitrogen and oxygen atoms in total. The minimum absolute atomic E-state index is 0. The first-order valence-corrected chi connectivity index (χ1v) is 6.15. The summed E-state index contributed by atoms with van der Waals surface area (Å²) < 4.78 is 0. The van der Waals surface area contributed by atoms with Crippen molar-refractivity contribution in [3.8, 4) is 0 Å². The third-order valence-electron chi connectivity index (χ3n) is 2.91. The van der Waals surface area contributed by atoms with E-state index in [0.29, 0.717) is 0 Å². The Kier molecular flexibility index (Phi) is 9.12. The third kappa shape index (κ3) is 6.02.